The molecule has 148 valence electrons. The van der Waals surface area contributed by atoms with E-state index in [1.807, 2.05) is 24.3 Å². The predicted molar refractivity (Wildman–Crippen MR) is 109 cm³/mol. The summed E-state index contributed by atoms with van der Waals surface area (Å²) in [6.07, 6.45) is 1.28. The Morgan fingerprint density at radius 1 is 1.21 bits per heavy atom. The van der Waals surface area contributed by atoms with Crippen LogP contribution in [0.5, 0.6) is 5.75 Å². The fourth-order valence-corrected chi connectivity index (χ4v) is 6.88. The first kappa shape index (κ1) is 19.6. The molecule has 0 unspecified atom stereocenters. The van der Waals surface area contributed by atoms with Crippen molar-refractivity contribution >= 4 is 37.3 Å². The zero-order valence-electron chi connectivity index (χ0n) is 15.0. The lowest BCUT2D eigenvalue weighted by atomic mass is 9.98. The molecule has 0 spiro atoms. The number of sulfonamides is 1. The molecule has 3 heterocycles. The van der Waals surface area contributed by atoms with Crippen molar-refractivity contribution in [2.24, 2.45) is 0 Å². The summed E-state index contributed by atoms with van der Waals surface area (Å²) >= 11 is 4.54. The van der Waals surface area contributed by atoms with Gasteiger partial charge in [0.25, 0.3) is 10.0 Å². The highest BCUT2D eigenvalue weighted by Gasteiger charge is 2.33. The molecule has 2 aromatic heterocycles. The standard InChI is InChI=1S/C18H18BrN3O4S2/c1-25-14-5-3-2-4-13(14)17-20-18(26-21-17)12-8-10-22(11-9-12)28(23,24)16-7-6-15(19)27-16/h2-7,12H,8-11H2,1H3. The molecule has 7 nitrogen and oxygen atoms in total. The number of rotatable bonds is 5. The molecule has 0 aliphatic carbocycles. The minimum atomic E-state index is -3.45. The molecular weight excluding hydrogens is 466 g/mol. The van der Waals surface area contributed by atoms with E-state index in [0.29, 0.717) is 47.6 Å². The van der Waals surface area contributed by atoms with Crippen LogP contribution in [0.4, 0.5) is 0 Å². The zero-order valence-corrected chi connectivity index (χ0v) is 18.3. The molecule has 1 fully saturated rings. The van der Waals surface area contributed by atoms with Crippen molar-refractivity contribution in [1.82, 2.24) is 14.4 Å². The second-order valence-corrected chi connectivity index (χ2v) is 11.0. The van der Waals surface area contributed by atoms with Crippen molar-refractivity contribution < 1.29 is 17.7 Å². The van der Waals surface area contributed by atoms with Gasteiger partial charge in [0.2, 0.25) is 11.7 Å². The topological polar surface area (TPSA) is 85.5 Å². The summed E-state index contributed by atoms with van der Waals surface area (Å²) in [5.41, 5.74) is 0.767. The summed E-state index contributed by atoms with van der Waals surface area (Å²) in [5.74, 6) is 1.73. The number of ether oxygens (including phenoxy) is 1. The van der Waals surface area contributed by atoms with E-state index in [-0.39, 0.29) is 5.92 Å². The zero-order chi connectivity index (χ0) is 19.7. The predicted octanol–water partition coefficient (Wildman–Crippen LogP) is 4.14. The van der Waals surface area contributed by atoms with Gasteiger partial charge in [-0.2, -0.15) is 9.29 Å². The third-order valence-electron chi connectivity index (χ3n) is 4.74. The van der Waals surface area contributed by atoms with Crippen LogP contribution in [0.2, 0.25) is 0 Å². The lowest BCUT2D eigenvalue weighted by Crippen LogP contribution is -2.37. The van der Waals surface area contributed by atoms with Crippen molar-refractivity contribution in [1.29, 1.82) is 0 Å². The van der Waals surface area contributed by atoms with Gasteiger partial charge in [-0.3, -0.25) is 0 Å². The van der Waals surface area contributed by atoms with Gasteiger partial charge in [-0.25, -0.2) is 8.42 Å². The van der Waals surface area contributed by atoms with Crippen LogP contribution in [0.15, 0.2) is 48.9 Å². The van der Waals surface area contributed by atoms with Crippen LogP contribution >= 0.6 is 27.3 Å². The quantitative estimate of drug-likeness (QED) is 0.541. The third-order valence-corrected chi connectivity index (χ3v) is 8.73. The molecule has 10 heteroatoms. The maximum atomic E-state index is 12.8. The van der Waals surface area contributed by atoms with Crippen LogP contribution < -0.4 is 4.74 Å². The fourth-order valence-electron chi connectivity index (χ4n) is 3.25. The van der Waals surface area contributed by atoms with Gasteiger partial charge >= 0.3 is 0 Å². The van der Waals surface area contributed by atoms with Gasteiger partial charge in [-0.1, -0.05) is 17.3 Å². The van der Waals surface area contributed by atoms with Crippen LogP contribution in [0.3, 0.4) is 0 Å². The molecule has 0 N–H and O–H groups in total. The van der Waals surface area contributed by atoms with Gasteiger partial charge in [0.05, 0.1) is 16.5 Å². The molecule has 1 aliphatic heterocycles. The molecule has 1 aliphatic rings. The third kappa shape index (κ3) is 3.73. The summed E-state index contributed by atoms with van der Waals surface area (Å²) < 4.78 is 39.0. The highest BCUT2D eigenvalue weighted by atomic mass is 79.9. The second kappa shape index (κ2) is 7.94. The van der Waals surface area contributed by atoms with Crippen molar-refractivity contribution in [3.05, 3.63) is 46.1 Å². The summed E-state index contributed by atoms with van der Waals surface area (Å²) in [6, 6.07) is 10.9. The van der Waals surface area contributed by atoms with Gasteiger partial charge in [0.1, 0.15) is 9.96 Å². The Morgan fingerprint density at radius 2 is 1.96 bits per heavy atom. The van der Waals surface area contributed by atoms with Crippen LogP contribution in [0.1, 0.15) is 24.7 Å². The average molecular weight is 484 g/mol. The number of aromatic nitrogens is 2. The van der Waals surface area contributed by atoms with E-state index in [2.05, 4.69) is 26.1 Å². The molecule has 0 radical (unpaired) electrons. The summed E-state index contributed by atoms with van der Waals surface area (Å²) in [7, 11) is -1.86. The van der Waals surface area contributed by atoms with Crippen molar-refractivity contribution in [2.75, 3.05) is 20.2 Å². The van der Waals surface area contributed by atoms with E-state index in [4.69, 9.17) is 9.26 Å². The van der Waals surface area contributed by atoms with Crippen molar-refractivity contribution in [2.45, 2.75) is 23.0 Å². The smallest absolute Gasteiger partial charge is 0.252 e. The first-order valence-electron chi connectivity index (χ1n) is 8.71. The first-order valence-corrected chi connectivity index (χ1v) is 11.8. The number of piperidine rings is 1. The number of hydrogen-bond acceptors (Lipinski definition) is 7. The number of thiophene rings is 1. The molecule has 4 rings (SSSR count). The lowest BCUT2D eigenvalue weighted by Gasteiger charge is -2.29. The molecule has 1 aromatic carbocycles. The van der Waals surface area contributed by atoms with Gasteiger partial charge in [-0.15, -0.1) is 11.3 Å². The van der Waals surface area contributed by atoms with E-state index in [1.54, 1.807) is 19.2 Å². The van der Waals surface area contributed by atoms with Gasteiger partial charge in [-0.05, 0) is 53.0 Å². The number of para-hydroxylation sites is 1. The van der Waals surface area contributed by atoms with Crippen LogP contribution in [0.25, 0.3) is 11.4 Å². The van der Waals surface area contributed by atoms with E-state index >= 15 is 0 Å². The van der Waals surface area contributed by atoms with Crippen LogP contribution in [-0.4, -0.2) is 43.1 Å². The van der Waals surface area contributed by atoms with Crippen molar-refractivity contribution in [3.63, 3.8) is 0 Å². The lowest BCUT2D eigenvalue weighted by molar-refractivity contribution is 0.271. The molecule has 3 aromatic rings. The summed E-state index contributed by atoms with van der Waals surface area (Å²) in [5, 5.41) is 4.09. The monoisotopic (exact) mass is 483 g/mol. The maximum Gasteiger partial charge on any atom is 0.252 e. The highest BCUT2D eigenvalue weighted by Crippen LogP contribution is 2.34. The molecule has 0 bridgehead atoms. The SMILES string of the molecule is COc1ccccc1-c1noc(C2CCN(S(=O)(=O)c3ccc(Br)s3)CC2)n1. The van der Waals surface area contributed by atoms with E-state index < -0.39 is 10.0 Å². The Labute approximate surface area is 175 Å². The minimum absolute atomic E-state index is 0.0393. The molecule has 1 saturated heterocycles. The largest absolute Gasteiger partial charge is 0.496 e. The Balaban J connectivity index is 1.47. The van der Waals surface area contributed by atoms with Crippen LogP contribution in [-0.2, 0) is 10.0 Å². The molecule has 28 heavy (non-hydrogen) atoms. The van der Waals surface area contributed by atoms with E-state index in [1.165, 1.54) is 15.6 Å². The number of hydrogen-bond donors (Lipinski definition) is 0. The van der Waals surface area contributed by atoms with Crippen LogP contribution in [0, 0.1) is 0 Å². The van der Waals surface area contributed by atoms with Crippen molar-refractivity contribution in [3.8, 4) is 17.1 Å². The van der Waals surface area contributed by atoms with Gasteiger partial charge in [0, 0.05) is 19.0 Å². The van der Waals surface area contributed by atoms with Gasteiger partial charge < -0.3 is 9.26 Å². The number of methoxy groups -OCH3 is 1. The van der Waals surface area contributed by atoms with Gasteiger partial charge in [0.15, 0.2) is 0 Å². The number of halogens is 1. The number of nitrogens with zero attached hydrogens (tertiary/aromatic N) is 3. The average Bonchev–Trinajstić information content (AvgIpc) is 3.38. The Bertz CT molecular complexity index is 1070. The molecule has 0 saturated carbocycles. The highest BCUT2D eigenvalue weighted by molar-refractivity contribution is 9.11. The fraction of sp³-hybridized carbons (Fsp3) is 0.333. The molecule has 0 atom stereocenters. The van der Waals surface area contributed by atoms with E-state index in [0.717, 1.165) is 9.35 Å². The normalized spacial score (nSPS) is 16.4. The molecule has 0 amide bonds. The Morgan fingerprint density at radius 3 is 2.64 bits per heavy atom. The second-order valence-electron chi connectivity index (χ2n) is 6.39. The molecular formula is C18H18BrN3O4S2. The summed E-state index contributed by atoms with van der Waals surface area (Å²) in [4.78, 5) is 4.53. The van der Waals surface area contributed by atoms with E-state index in [9.17, 15) is 8.42 Å². The minimum Gasteiger partial charge on any atom is -0.496 e. The summed E-state index contributed by atoms with van der Waals surface area (Å²) in [6.45, 7) is 0.851. The maximum absolute atomic E-state index is 12.8. The number of benzene rings is 1. The first-order chi connectivity index (χ1) is 13.5. The Hall–Kier alpha value is -1.75. The Kier molecular flexibility index (Phi) is 5.55.